The van der Waals surface area contributed by atoms with Gasteiger partial charge in [0.25, 0.3) is 0 Å². The zero-order valence-electron chi connectivity index (χ0n) is 9.14. The number of aromatic nitrogens is 1. The van der Waals surface area contributed by atoms with Gasteiger partial charge >= 0.3 is 5.97 Å². The number of aryl methyl sites for hydroxylation is 1. The summed E-state index contributed by atoms with van der Waals surface area (Å²) in [7, 11) is 0. The fourth-order valence-electron chi connectivity index (χ4n) is 1.64. The van der Waals surface area contributed by atoms with Gasteiger partial charge in [0.15, 0.2) is 0 Å². The third kappa shape index (κ3) is 2.30. The lowest BCUT2D eigenvalue weighted by Gasteiger charge is -2.05. The number of carbonyl (C=O) groups is 1. The van der Waals surface area contributed by atoms with Crippen molar-refractivity contribution >= 4 is 5.97 Å². The zero-order valence-corrected chi connectivity index (χ0v) is 9.14. The van der Waals surface area contributed by atoms with Gasteiger partial charge in [-0.05, 0) is 36.8 Å². The lowest BCUT2D eigenvalue weighted by atomic mass is 10.0. The molecule has 1 N–H and O–H groups in total. The summed E-state index contributed by atoms with van der Waals surface area (Å²) in [5.74, 6) is -1.73. The van der Waals surface area contributed by atoms with Crippen molar-refractivity contribution in [3.8, 4) is 11.3 Å². The van der Waals surface area contributed by atoms with Crippen molar-refractivity contribution < 1.29 is 14.3 Å². The highest BCUT2D eigenvalue weighted by Gasteiger charge is 2.10. The Bertz CT molecular complexity index is 581. The molecule has 4 heteroatoms. The van der Waals surface area contributed by atoms with Gasteiger partial charge in [0, 0.05) is 11.8 Å². The summed E-state index contributed by atoms with van der Waals surface area (Å²) < 4.78 is 13.3. The Balaban J connectivity index is 2.60. The average Bonchev–Trinajstić information content (AvgIpc) is 2.28. The van der Waals surface area contributed by atoms with Crippen molar-refractivity contribution in [1.29, 1.82) is 0 Å². The van der Waals surface area contributed by atoms with Gasteiger partial charge in [-0.3, -0.25) is 4.98 Å². The molecular weight excluding hydrogens is 221 g/mol. The highest BCUT2D eigenvalue weighted by atomic mass is 19.1. The van der Waals surface area contributed by atoms with Crippen LogP contribution in [0.5, 0.6) is 0 Å². The van der Waals surface area contributed by atoms with Crippen LogP contribution in [0.1, 0.15) is 15.9 Å². The summed E-state index contributed by atoms with van der Waals surface area (Å²) >= 11 is 0. The molecule has 1 aromatic heterocycles. The van der Waals surface area contributed by atoms with Crippen LogP contribution < -0.4 is 0 Å². The molecule has 0 aliphatic heterocycles. The largest absolute Gasteiger partial charge is 0.478 e. The van der Waals surface area contributed by atoms with E-state index in [9.17, 15) is 9.18 Å². The van der Waals surface area contributed by atoms with Crippen molar-refractivity contribution in [2.45, 2.75) is 6.92 Å². The number of nitrogens with zero attached hydrogens (tertiary/aromatic N) is 1. The van der Waals surface area contributed by atoms with Crippen molar-refractivity contribution in [1.82, 2.24) is 4.98 Å². The quantitative estimate of drug-likeness (QED) is 0.864. The van der Waals surface area contributed by atoms with Gasteiger partial charge in [0.05, 0.1) is 11.3 Å². The van der Waals surface area contributed by atoms with Crippen LogP contribution in [0, 0.1) is 12.7 Å². The maximum atomic E-state index is 13.3. The zero-order chi connectivity index (χ0) is 12.4. The minimum atomic E-state index is -1.15. The van der Waals surface area contributed by atoms with Gasteiger partial charge in [0.2, 0.25) is 0 Å². The molecule has 0 radical (unpaired) electrons. The highest BCUT2D eigenvalue weighted by molar-refractivity contribution is 5.89. The van der Waals surface area contributed by atoms with Crippen LogP contribution in [0.25, 0.3) is 11.3 Å². The Kier molecular flexibility index (Phi) is 2.87. The molecule has 0 aliphatic rings. The molecule has 3 nitrogen and oxygen atoms in total. The fraction of sp³-hybridized carbons (Fsp3) is 0.0769. The Labute approximate surface area is 97.6 Å². The topological polar surface area (TPSA) is 50.2 Å². The molecule has 0 amide bonds. The molecular formula is C13H10FNO2. The maximum absolute atomic E-state index is 13.3. The minimum absolute atomic E-state index is 0.0787. The molecule has 0 saturated carbocycles. The second-order valence-corrected chi connectivity index (χ2v) is 3.70. The van der Waals surface area contributed by atoms with Crippen LogP contribution in [-0.2, 0) is 0 Å². The molecule has 0 aliphatic carbocycles. The van der Waals surface area contributed by atoms with Crippen molar-refractivity contribution in [2.75, 3.05) is 0 Å². The van der Waals surface area contributed by atoms with E-state index in [-0.39, 0.29) is 5.56 Å². The first-order chi connectivity index (χ1) is 8.08. The van der Waals surface area contributed by atoms with E-state index in [0.717, 1.165) is 11.6 Å². The molecule has 0 saturated heterocycles. The summed E-state index contributed by atoms with van der Waals surface area (Å²) in [4.78, 5) is 15.0. The fourth-order valence-corrected chi connectivity index (χ4v) is 1.64. The first kappa shape index (κ1) is 11.3. The molecule has 0 spiro atoms. The van der Waals surface area contributed by atoms with E-state index in [1.54, 1.807) is 12.3 Å². The molecule has 1 heterocycles. The first-order valence-electron chi connectivity index (χ1n) is 5.04. The van der Waals surface area contributed by atoms with E-state index >= 15 is 0 Å². The van der Waals surface area contributed by atoms with Gasteiger partial charge in [0.1, 0.15) is 5.82 Å². The van der Waals surface area contributed by atoms with Gasteiger partial charge in [-0.2, -0.15) is 0 Å². The van der Waals surface area contributed by atoms with Gasteiger partial charge in [-0.25, -0.2) is 9.18 Å². The first-order valence-corrected chi connectivity index (χ1v) is 5.04. The Morgan fingerprint density at radius 3 is 2.76 bits per heavy atom. The minimum Gasteiger partial charge on any atom is -0.478 e. The Hall–Kier alpha value is -2.23. The lowest BCUT2D eigenvalue weighted by Crippen LogP contribution is -1.98. The maximum Gasteiger partial charge on any atom is 0.335 e. The predicted molar refractivity (Wildman–Crippen MR) is 61.3 cm³/mol. The SMILES string of the molecule is Cc1cccnc1-c1cc(F)cc(C(=O)O)c1. The second kappa shape index (κ2) is 4.33. The van der Waals surface area contributed by atoms with Gasteiger partial charge < -0.3 is 5.11 Å². The van der Waals surface area contributed by atoms with Crippen LogP contribution in [0.2, 0.25) is 0 Å². The van der Waals surface area contributed by atoms with E-state index in [1.807, 2.05) is 13.0 Å². The number of hydrogen-bond acceptors (Lipinski definition) is 2. The molecule has 1 aromatic carbocycles. The summed E-state index contributed by atoms with van der Waals surface area (Å²) in [6.45, 7) is 1.84. The third-order valence-corrected chi connectivity index (χ3v) is 2.43. The molecule has 0 atom stereocenters. The molecule has 0 bridgehead atoms. The van der Waals surface area contributed by atoms with Crippen LogP contribution in [-0.4, -0.2) is 16.1 Å². The summed E-state index contributed by atoms with van der Waals surface area (Å²) in [5, 5.41) is 8.86. The van der Waals surface area contributed by atoms with E-state index in [4.69, 9.17) is 5.11 Å². The number of pyridine rings is 1. The predicted octanol–water partition coefficient (Wildman–Crippen LogP) is 2.89. The average molecular weight is 231 g/mol. The molecule has 2 aromatic rings. The summed E-state index contributed by atoms with van der Waals surface area (Å²) in [6, 6.07) is 7.30. The van der Waals surface area contributed by atoms with E-state index in [2.05, 4.69) is 4.98 Å². The van der Waals surface area contributed by atoms with Crippen LogP contribution in [0.15, 0.2) is 36.5 Å². The number of carboxylic acids is 1. The second-order valence-electron chi connectivity index (χ2n) is 3.70. The monoisotopic (exact) mass is 231 g/mol. The number of hydrogen-bond donors (Lipinski definition) is 1. The highest BCUT2D eigenvalue weighted by Crippen LogP contribution is 2.22. The van der Waals surface area contributed by atoms with Crippen LogP contribution in [0.4, 0.5) is 4.39 Å². The number of aromatic carboxylic acids is 1. The number of benzene rings is 1. The Morgan fingerprint density at radius 2 is 2.12 bits per heavy atom. The summed E-state index contributed by atoms with van der Waals surface area (Å²) in [6.07, 6.45) is 1.59. The standard InChI is InChI=1S/C13H10FNO2/c1-8-3-2-4-15-12(8)9-5-10(13(16)17)7-11(14)6-9/h2-7H,1H3,(H,16,17). The molecule has 86 valence electrons. The molecule has 0 unspecified atom stereocenters. The van der Waals surface area contributed by atoms with E-state index in [1.165, 1.54) is 12.1 Å². The van der Waals surface area contributed by atoms with Crippen molar-refractivity contribution in [3.05, 3.63) is 53.5 Å². The number of carboxylic acid groups (broad SMARTS) is 1. The molecule has 2 rings (SSSR count). The van der Waals surface area contributed by atoms with E-state index in [0.29, 0.717) is 11.3 Å². The van der Waals surface area contributed by atoms with Crippen LogP contribution in [0.3, 0.4) is 0 Å². The van der Waals surface area contributed by atoms with Crippen molar-refractivity contribution in [3.63, 3.8) is 0 Å². The van der Waals surface area contributed by atoms with E-state index < -0.39 is 11.8 Å². The van der Waals surface area contributed by atoms with Crippen molar-refractivity contribution in [2.24, 2.45) is 0 Å². The van der Waals surface area contributed by atoms with Gasteiger partial charge in [-0.15, -0.1) is 0 Å². The number of rotatable bonds is 2. The van der Waals surface area contributed by atoms with Crippen LogP contribution >= 0.6 is 0 Å². The third-order valence-electron chi connectivity index (χ3n) is 2.43. The molecule has 0 fully saturated rings. The summed E-state index contributed by atoms with van der Waals surface area (Å²) in [5.41, 5.74) is 1.86. The normalized spacial score (nSPS) is 10.2. The smallest absolute Gasteiger partial charge is 0.335 e. The molecule has 17 heavy (non-hydrogen) atoms. The van der Waals surface area contributed by atoms with Gasteiger partial charge in [-0.1, -0.05) is 6.07 Å². The Morgan fingerprint density at radius 1 is 1.35 bits per heavy atom. The lowest BCUT2D eigenvalue weighted by molar-refractivity contribution is 0.0696. The number of halogens is 1.